The maximum Gasteiger partial charge on any atom is 0.123 e. The summed E-state index contributed by atoms with van der Waals surface area (Å²) in [5.41, 5.74) is 2.29. The maximum atomic E-state index is 9.30. The minimum absolute atomic E-state index is 0.202. The van der Waals surface area contributed by atoms with Crippen molar-refractivity contribution >= 4 is 0 Å². The zero-order chi connectivity index (χ0) is 13.7. The molecule has 0 atom stereocenters. The largest absolute Gasteiger partial charge is 0.508 e. The fraction of sp³-hybridized carbons (Fsp3) is 0.250. The number of hydrogen-bond donors (Lipinski definition) is 1. The van der Waals surface area contributed by atoms with Crippen LogP contribution in [0.2, 0.25) is 0 Å². The average molecular weight is 258 g/mol. The fourth-order valence-electron chi connectivity index (χ4n) is 1.75. The lowest BCUT2D eigenvalue weighted by atomic mass is 10.1. The molecule has 0 saturated carbocycles. The van der Waals surface area contributed by atoms with Gasteiger partial charge in [0.1, 0.15) is 30.5 Å². The van der Waals surface area contributed by atoms with Crippen molar-refractivity contribution in [1.82, 2.24) is 0 Å². The van der Waals surface area contributed by atoms with E-state index < -0.39 is 0 Å². The van der Waals surface area contributed by atoms with Crippen LogP contribution in [0.25, 0.3) is 0 Å². The second-order valence-corrected chi connectivity index (χ2v) is 4.46. The van der Waals surface area contributed by atoms with Gasteiger partial charge in [0, 0.05) is 6.07 Å². The number of aromatic hydroxyl groups is 1. The first-order valence-corrected chi connectivity index (χ1v) is 6.27. The van der Waals surface area contributed by atoms with Crippen LogP contribution in [0.3, 0.4) is 0 Å². The third-order valence-electron chi connectivity index (χ3n) is 2.77. The van der Waals surface area contributed by atoms with E-state index in [1.54, 1.807) is 24.3 Å². The summed E-state index contributed by atoms with van der Waals surface area (Å²) in [5, 5.41) is 9.30. The van der Waals surface area contributed by atoms with E-state index >= 15 is 0 Å². The molecule has 2 aromatic rings. The van der Waals surface area contributed by atoms with Crippen LogP contribution in [0, 0.1) is 13.8 Å². The highest BCUT2D eigenvalue weighted by molar-refractivity contribution is 5.36. The summed E-state index contributed by atoms with van der Waals surface area (Å²) in [5.74, 6) is 1.73. The highest BCUT2D eigenvalue weighted by Gasteiger charge is 2.00. The molecule has 100 valence electrons. The smallest absolute Gasteiger partial charge is 0.123 e. The molecule has 2 aromatic carbocycles. The Balaban J connectivity index is 1.82. The molecule has 0 aliphatic heterocycles. The monoisotopic (exact) mass is 258 g/mol. The number of aryl methyl sites for hydroxylation is 2. The summed E-state index contributed by atoms with van der Waals surface area (Å²) in [6, 6.07) is 12.9. The van der Waals surface area contributed by atoms with E-state index in [-0.39, 0.29) is 5.75 Å². The van der Waals surface area contributed by atoms with Crippen molar-refractivity contribution in [3.63, 3.8) is 0 Å². The quantitative estimate of drug-likeness (QED) is 0.835. The Bertz CT molecular complexity index is 549. The van der Waals surface area contributed by atoms with Gasteiger partial charge in [-0.3, -0.25) is 0 Å². The molecule has 0 aliphatic rings. The number of benzene rings is 2. The lowest BCUT2D eigenvalue weighted by molar-refractivity contribution is 0.216. The van der Waals surface area contributed by atoms with E-state index in [1.165, 1.54) is 5.56 Å². The van der Waals surface area contributed by atoms with Crippen molar-refractivity contribution in [1.29, 1.82) is 0 Å². The van der Waals surface area contributed by atoms with Gasteiger partial charge >= 0.3 is 0 Å². The summed E-state index contributed by atoms with van der Waals surface area (Å²) in [6.07, 6.45) is 0. The third-order valence-corrected chi connectivity index (χ3v) is 2.77. The lowest BCUT2D eigenvalue weighted by Gasteiger charge is -2.11. The number of phenols is 1. The van der Waals surface area contributed by atoms with E-state index in [4.69, 9.17) is 9.47 Å². The molecular formula is C16H18O3. The fourth-order valence-corrected chi connectivity index (χ4v) is 1.75. The Hall–Kier alpha value is -2.16. The highest BCUT2D eigenvalue weighted by atomic mass is 16.5. The molecule has 0 bridgehead atoms. The van der Waals surface area contributed by atoms with Gasteiger partial charge in [-0.2, -0.15) is 0 Å². The van der Waals surface area contributed by atoms with Crippen molar-refractivity contribution in [2.75, 3.05) is 13.2 Å². The standard InChI is InChI=1S/C16H18O3/c1-12-6-7-13(2)16(10-12)19-9-8-18-15-5-3-4-14(17)11-15/h3-7,10-11,17H,8-9H2,1-2H3. The van der Waals surface area contributed by atoms with Crippen molar-refractivity contribution in [2.45, 2.75) is 13.8 Å². The van der Waals surface area contributed by atoms with Crippen LogP contribution in [0.1, 0.15) is 11.1 Å². The van der Waals surface area contributed by atoms with Crippen LogP contribution >= 0.6 is 0 Å². The Kier molecular flexibility index (Phi) is 4.29. The van der Waals surface area contributed by atoms with E-state index in [0.717, 1.165) is 11.3 Å². The Labute approximate surface area is 113 Å². The highest BCUT2D eigenvalue weighted by Crippen LogP contribution is 2.20. The van der Waals surface area contributed by atoms with Crippen molar-refractivity contribution in [3.05, 3.63) is 53.6 Å². The lowest BCUT2D eigenvalue weighted by Crippen LogP contribution is -2.09. The molecule has 1 N–H and O–H groups in total. The molecule has 0 unspecified atom stereocenters. The van der Waals surface area contributed by atoms with Gasteiger partial charge in [0.05, 0.1) is 0 Å². The first-order valence-electron chi connectivity index (χ1n) is 6.27. The topological polar surface area (TPSA) is 38.7 Å². The van der Waals surface area contributed by atoms with Gasteiger partial charge in [-0.15, -0.1) is 0 Å². The number of phenolic OH excluding ortho intramolecular Hbond substituents is 1. The molecule has 3 heteroatoms. The molecule has 0 fully saturated rings. The van der Waals surface area contributed by atoms with Crippen LogP contribution in [0.4, 0.5) is 0 Å². The van der Waals surface area contributed by atoms with Crippen LogP contribution < -0.4 is 9.47 Å². The van der Waals surface area contributed by atoms with E-state index in [0.29, 0.717) is 19.0 Å². The van der Waals surface area contributed by atoms with Gasteiger partial charge in [-0.25, -0.2) is 0 Å². The van der Waals surface area contributed by atoms with Crippen molar-refractivity contribution < 1.29 is 14.6 Å². The molecule has 0 aliphatic carbocycles. The number of ether oxygens (including phenoxy) is 2. The maximum absolute atomic E-state index is 9.30. The number of rotatable bonds is 5. The molecule has 0 aromatic heterocycles. The second-order valence-electron chi connectivity index (χ2n) is 4.46. The first-order chi connectivity index (χ1) is 9.15. The normalized spacial score (nSPS) is 10.2. The second kappa shape index (κ2) is 6.14. The van der Waals surface area contributed by atoms with E-state index in [9.17, 15) is 5.11 Å². The predicted molar refractivity (Wildman–Crippen MR) is 75.0 cm³/mol. The van der Waals surface area contributed by atoms with Gasteiger partial charge in [0.2, 0.25) is 0 Å². The molecule has 0 heterocycles. The van der Waals surface area contributed by atoms with Crippen molar-refractivity contribution in [2.24, 2.45) is 0 Å². The first kappa shape index (κ1) is 13.3. The zero-order valence-electron chi connectivity index (χ0n) is 11.2. The molecule has 2 rings (SSSR count). The molecule has 0 radical (unpaired) electrons. The van der Waals surface area contributed by atoms with Gasteiger partial charge in [-0.05, 0) is 43.2 Å². The molecule has 3 nitrogen and oxygen atoms in total. The van der Waals surface area contributed by atoms with Crippen LogP contribution in [-0.2, 0) is 0 Å². The molecule has 0 amide bonds. The van der Waals surface area contributed by atoms with E-state index in [2.05, 4.69) is 6.07 Å². The Morgan fingerprint density at radius 1 is 0.947 bits per heavy atom. The van der Waals surface area contributed by atoms with Gasteiger partial charge in [0.25, 0.3) is 0 Å². The minimum Gasteiger partial charge on any atom is -0.508 e. The van der Waals surface area contributed by atoms with Crippen molar-refractivity contribution in [3.8, 4) is 17.2 Å². The molecular weight excluding hydrogens is 240 g/mol. The van der Waals surface area contributed by atoms with Crippen LogP contribution in [-0.4, -0.2) is 18.3 Å². The summed E-state index contributed by atoms with van der Waals surface area (Å²) < 4.78 is 11.2. The third kappa shape index (κ3) is 3.91. The SMILES string of the molecule is Cc1ccc(C)c(OCCOc2cccc(O)c2)c1. The van der Waals surface area contributed by atoms with Gasteiger partial charge in [0.15, 0.2) is 0 Å². The van der Waals surface area contributed by atoms with Gasteiger partial charge in [-0.1, -0.05) is 18.2 Å². The summed E-state index contributed by atoms with van der Waals surface area (Å²) >= 11 is 0. The molecule has 19 heavy (non-hydrogen) atoms. The average Bonchev–Trinajstić information content (AvgIpc) is 2.39. The predicted octanol–water partition coefficient (Wildman–Crippen LogP) is 3.47. The zero-order valence-corrected chi connectivity index (χ0v) is 11.2. The Morgan fingerprint density at radius 2 is 1.74 bits per heavy atom. The molecule has 0 saturated heterocycles. The Morgan fingerprint density at radius 3 is 2.53 bits per heavy atom. The minimum atomic E-state index is 0.202. The van der Waals surface area contributed by atoms with Crippen LogP contribution in [0.5, 0.6) is 17.2 Å². The number of hydrogen-bond acceptors (Lipinski definition) is 3. The summed E-state index contributed by atoms with van der Waals surface area (Å²) in [7, 11) is 0. The van der Waals surface area contributed by atoms with E-state index in [1.807, 2.05) is 26.0 Å². The van der Waals surface area contributed by atoms with Crippen LogP contribution in [0.15, 0.2) is 42.5 Å². The van der Waals surface area contributed by atoms with Gasteiger partial charge < -0.3 is 14.6 Å². The summed E-state index contributed by atoms with van der Waals surface area (Å²) in [6.45, 7) is 4.97. The molecule has 0 spiro atoms. The summed E-state index contributed by atoms with van der Waals surface area (Å²) in [4.78, 5) is 0.